The molecule has 0 saturated carbocycles. The fraction of sp³-hybridized carbons (Fsp3) is 0.524. The molecule has 1 aliphatic rings. The Balaban J connectivity index is 1.82. The molecule has 1 fully saturated rings. The molecular weight excluding hydrogens is 374 g/mol. The zero-order valence-corrected chi connectivity index (χ0v) is 17.3. The van der Waals surface area contributed by atoms with Crippen LogP contribution in [0, 0.1) is 12.8 Å². The van der Waals surface area contributed by atoms with Crippen molar-refractivity contribution in [2.75, 3.05) is 39.8 Å². The first-order chi connectivity index (χ1) is 13.8. The van der Waals surface area contributed by atoms with Crippen LogP contribution < -0.4 is 5.32 Å². The van der Waals surface area contributed by atoms with Gasteiger partial charge in [0.2, 0.25) is 11.8 Å². The maximum Gasteiger partial charge on any atom is 0.310 e. The van der Waals surface area contributed by atoms with Gasteiger partial charge in [-0.15, -0.1) is 0 Å². The minimum absolute atomic E-state index is 0.103. The number of likely N-dealkylation sites (N-methyl/N-ethyl adjacent to an activating group) is 1. The molecular formula is C21H29N3O5. The number of likely N-dealkylation sites (tertiary alicyclic amines) is 1. The highest BCUT2D eigenvalue weighted by Gasteiger charge is 2.30. The van der Waals surface area contributed by atoms with Gasteiger partial charge in [0, 0.05) is 25.7 Å². The predicted molar refractivity (Wildman–Crippen MR) is 107 cm³/mol. The topological polar surface area (TPSA) is 96.0 Å². The summed E-state index contributed by atoms with van der Waals surface area (Å²) in [5.41, 5.74) is 1.33. The van der Waals surface area contributed by atoms with Gasteiger partial charge >= 0.3 is 5.97 Å². The molecule has 0 aromatic heterocycles. The molecule has 8 nitrogen and oxygen atoms in total. The molecule has 1 atom stereocenters. The van der Waals surface area contributed by atoms with Gasteiger partial charge in [-0.2, -0.15) is 0 Å². The maximum atomic E-state index is 12.5. The van der Waals surface area contributed by atoms with E-state index in [-0.39, 0.29) is 42.7 Å². The second-order valence-electron chi connectivity index (χ2n) is 7.18. The number of benzene rings is 1. The van der Waals surface area contributed by atoms with E-state index in [1.54, 1.807) is 24.0 Å². The summed E-state index contributed by atoms with van der Waals surface area (Å²) in [4.78, 5) is 51.9. The molecule has 2 rings (SSSR count). The summed E-state index contributed by atoms with van der Waals surface area (Å²) in [5, 5.41) is 2.59. The molecule has 8 heteroatoms. The zero-order valence-electron chi connectivity index (χ0n) is 17.3. The van der Waals surface area contributed by atoms with Gasteiger partial charge in [-0.3, -0.25) is 19.2 Å². The first-order valence-electron chi connectivity index (χ1n) is 9.85. The van der Waals surface area contributed by atoms with Crippen molar-refractivity contribution in [3.63, 3.8) is 0 Å². The van der Waals surface area contributed by atoms with Gasteiger partial charge in [0.05, 0.1) is 25.6 Å². The minimum Gasteiger partial charge on any atom is -0.466 e. The van der Waals surface area contributed by atoms with E-state index >= 15 is 0 Å². The van der Waals surface area contributed by atoms with Crippen LogP contribution in [0.2, 0.25) is 0 Å². The number of ether oxygens (including phenoxy) is 1. The zero-order chi connectivity index (χ0) is 21.4. The number of nitrogens with one attached hydrogen (secondary N) is 1. The molecule has 1 unspecified atom stereocenters. The molecule has 1 N–H and O–H groups in total. The number of amides is 3. The van der Waals surface area contributed by atoms with Crippen LogP contribution in [0.5, 0.6) is 0 Å². The number of hydrogen-bond donors (Lipinski definition) is 1. The van der Waals surface area contributed by atoms with E-state index in [1.807, 2.05) is 19.1 Å². The van der Waals surface area contributed by atoms with E-state index in [0.29, 0.717) is 31.7 Å². The van der Waals surface area contributed by atoms with Crippen molar-refractivity contribution in [2.45, 2.75) is 26.7 Å². The second-order valence-corrected chi connectivity index (χ2v) is 7.18. The molecule has 1 aromatic carbocycles. The fourth-order valence-corrected chi connectivity index (χ4v) is 3.26. The standard InChI is InChI=1S/C21H29N3O5/c1-4-29-21(28)16-9-7-11-24(13-16)19(26)14-23(3)18(25)12-22-20(27)17-10-6-5-8-15(17)2/h5-6,8,10,16H,4,7,9,11-14H2,1-3H3,(H,22,27). The highest BCUT2D eigenvalue weighted by molar-refractivity contribution is 5.98. The molecule has 0 bridgehead atoms. The number of carbonyl (C=O) groups excluding carboxylic acids is 4. The Morgan fingerprint density at radius 1 is 1.24 bits per heavy atom. The maximum absolute atomic E-state index is 12.5. The van der Waals surface area contributed by atoms with Crippen molar-refractivity contribution < 1.29 is 23.9 Å². The van der Waals surface area contributed by atoms with Crippen LogP contribution in [-0.2, 0) is 19.1 Å². The normalized spacial score (nSPS) is 16.1. The van der Waals surface area contributed by atoms with E-state index in [4.69, 9.17) is 4.74 Å². The van der Waals surface area contributed by atoms with Gasteiger partial charge in [-0.25, -0.2) is 0 Å². The lowest BCUT2D eigenvalue weighted by atomic mass is 9.98. The number of carbonyl (C=O) groups is 4. The molecule has 1 aliphatic heterocycles. The predicted octanol–water partition coefficient (Wildman–Crippen LogP) is 0.985. The Morgan fingerprint density at radius 2 is 1.97 bits per heavy atom. The monoisotopic (exact) mass is 403 g/mol. The Labute approximate surface area is 171 Å². The minimum atomic E-state index is -0.362. The van der Waals surface area contributed by atoms with Crippen molar-refractivity contribution in [3.05, 3.63) is 35.4 Å². The number of hydrogen-bond acceptors (Lipinski definition) is 5. The third-order valence-electron chi connectivity index (χ3n) is 4.98. The first kappa shape index (κ1) is 22.4. The highest BCUT2D eigenvalue weighted by Crippen LogP contribution is 2.18. The molecule has 158 valence electrons. The number of esters is 1. The summed E-state index contributed by atoms with van der Waals surface area (Å²) < 4.78 is 5.05. The fourth-order valence-electron chi connectivity index (χ4n) is 3.26. The van der Waals surface area contributed by atoms with Crippen LogP contribution in [0.15, 0.2) is 24.3 Å². The molecule has 3 amide bonds. The van der Waals surface area contributed by atoms with Crippen LogP contribution in [0.3, 0.4) is 0 Å². The van der Waals surface area contributed by atoms with Gasteiger partial charge in [-0.05, 0) is 38.3 Å². The summed E-state index contributed by atoms with van der Waals surface area (Å²) >= 11 is 0. The molecule has 1 saturated heterocycles. The van der Waals surface area contributed by atoms with Crippen LogP contribution in [0.4, 0.5) is 0 Å². The lowest BCUT2D eigenvalue weighted by molar-refractivity contribution is -0.152. The second kappa shape index (κ2) is 10.6. The first-order valence-corrected chi connectivity index (χ1v) is 9.85. The molecule has 1 heterocycles. The van der Waals surface area contributed by atoms with E-state index in [0.717, 1.165) is 12.0 Å². The lowest BCUT2D eigenvalue weighted by Crippen LogP contribution is -2.48. The van der Waals surface area contributed by atoms with Gasteiger partial charge in [0.1, 0.15) is 0 Å². The highest BCUT2D eigenvalue weighted by atomic mass is 16.5. The Hall–Kier alpha value is -2.90. The molecule has 1 aromatic rings. The van der Waals surface area contributed by atoms with E-state index in [2.05, 4.69) is 5.32 Å². The average molecular weight is 403 g/mol. The van der Waals surface area contributed by atoms with Crippen molar-refractivity contribution in [1.82, 2.24) is 15.1 Å². The Bertz CT molecular complexity index is 764. The lowest BCUT2D eigenvalue weighted by Gasteiger charge is -2.32. The van der Waals surface area contributed by atoms with E-state index in [9.17, 15) is 19.2 Å². The number of nitrogens with zero attached hydrogens (tertiary/aromatic N) is 2. The van der Waals surface area contributed by atoms with Gasteiger partial charge in [-0.1, -0.05) is 18.2 Å². The largest absolute Gasteiger partial charge is 0.466 e. The van der Waals surface area contributed by atoms with Crippen molar-refractivity contribution >= 4 is 23.7 Å². The molecule has 0 radical (unpaired) electrons. The Morgan fingerprint density at radius 3 is 2.66 bits per heavy atom. The third kappa shape index (κ3) is 6.30. The van der Waals surface area contributed by atoms with Crippen molar-refractivity contribution in [2.24, 2.45) is 5.92 Å². The third-order valence-corrected chi connectivity index (χ3v) is 4.98. The van der Waals surface area contributed by atoms with Crippen LogP contribution in [-0.4, -0.2) is 73.3 Å². The number of aryl methyl sites for hydroxylation is 1. The average Bonchev–Trinajstić information content (AvgIpc) is 2.72. The summed E-state index contributed by atoms with van der Waals surface area (Å²) in [6.45, 7) is 4.46. The molecule has 0 spiro atoms. The van der Waals surface area contributed by atoms with E-state index < -0.39 is 0 Å². The summed E-state index contributed by atoms with van der Waals surface area (Å²) in [7, 11) is 1.52. The summed E-state index contributed by atoms with van der Waals surface area (Å²) in [6.07, 6.45) is 1.42. The Kier molecular flexibility index (Phi) is 8.18. The summed E-state index contributed by atoms with van der Waals surface area (Å²) in [6, 6.07) is 7.11. The van der Waals surface area contributed by atoms with Crippen LogP contribution in [0.25, 0.3) is 0 Å². The van der Waals surface area contributed by atoms with E-state index in [1.165, 1.54) is 11.9 Å². The molecule has 0 aliphatic carbocycles. The van der Waals surface area contributed by atoms with Gasteiger partial charge in [0.25, 0.3) is 5.91 Å². The van der Waals surface area contributed by atoms with Crippen LogP contribution >= 0.6 is 0 Å². The quantitative estimate of drug-likeness (QED) is 0.685. The SMILES string of the molecule is CCOC(=O)C1CCCN(C(=O)CN(C)C(=O)CNC(=O)c2ccccc2C)C1. The van der Waals surface area contributed by atoms with Gasteiger partial charge < -0.3 is 19.9 Å². The molecule has 29 heavy (non-hydrogen) atoms. The smallest absolute Gasteiger partial charge is 0.310 e. The van der Waals surface area contributed by atoms with Crippen molar-refractivity contribution in [3.8, 4) is 0 Å². The number of rotatable bonds is 7. The number of piperidine rings is 1. The van der Waals surface area contributed by atoms with Crippen molar-refractivity contribution in [1.29, 1.82) is 0 Å². The summed E-state index contributed by atoms with van der Waals surface area (Å²) in [5.74, 6) is -1.51. The van der Waals surface area contributed by atoms with Crippen LogP contribution in [0.1, 0.15) is 35.7 Å². The van der Waals surface area contributed by atoms with Gasteiger partial charge in [0.15, 0.2) is 0 Å².